The van der Waals surface area contributed by atoms with Gasteiger partial charge in [0.05, 0.1) is 11.0 Å². The zero-order chi connectivity index (χ0) is 14.0. The maximum Gasteiger partial charge on any atom is 0.178 e. The summed E-state index contributed by atoms with van der Waals surface area (Å²) in [5.74, 6) is 0.782. The molecule has 1 unspecified atom stereocenters. The Hall–Kier alpha value is -0.360. The van der Waals surface area contributed by atoms with E-state index in [0.717, 1.165) is 16.2 Å². The van der Waals surface area contributed by atoms with Crippen LogP contribution in [0.15, 0.2) is 18.2 Å². The zero-order valence-corrected chi connectivity index (χ0v) is 14.7. The summed E-state index contributed by atoms with van der Waals surface area (Å²) in [4.78, 5) is 3.32. The summed E-state index contributed by atoms with van der Waals surface area (Å²) < 4.78 is 4.34. The maximum absolute atomic E-state index is 5.48. The van der Waals surface area contributed by atoms with Gasteiger partial charge in [-0.05, 0) is 72.3 Å². The van der Waals surface area contributed by atoms with Crippen molar-refractivity contribution in [2.24, 2.45) is 5.92 Å². The Balaban J connectivity index is 2.24. The highest BCUT2D eigenvalue weighted by molar-refractivity contribution is 14.1. The van der Waals surface area contributed by atoms with Gasteiger partial charge in [-0.25, -0.2) is 0 Å². The summed E-state index contributed by atoms with van der Waals surface area (Å²) in [6, 6.07) is 6.92. The lowest BCUT2D eigenvalue weighted by molar-refractivity contribution is 0.451. The molecule has 2 nitrogen and oxygen atoms in total. The van der Waals surface area contributed by atoms with Crippen LogP contribution < -0.4 is 0 Å². The first-order valence-electron chi connectivity index (χ1n) is 6.89. The van der Waals surface area contributed by atoms with Crippen molar-refractivity contribution in [3.8, 4) is 0 Å². The van der Waals surface area contributed by atoms with Crippen molar-refractivity contribution in [1.29, 1.82) is 0 Å². The van der Waals surface area contributed by atoms with E-state index in [4.69, 9.17) is 12.2 Å². The molecule has 104 valence electrons. The van der Waals surface area contributed by atoms with Crippen molar-refractivity contribution in [3.05, 3.63) is 26.5 Å². The number of nitrogens with zero attached hydrogens (tertiary/aromatic N) is 1. The third kappa shape index (κ3) is 3.60. The van der Waals surface area contributed by atoms with Crippen molar-refractivity contribution < 1.29 is 0 Å². The average molecular weight is 388 g/mol. The molecule has 0 saturated carbocycles. The fraction of sp³-hybridized carbons (Fsp3) is 0.533. The molecule has 19 heavy (non-hydrogen) atoms. The molecule has 1 atom stereocenters. The summed E-state index contributed by atoms with van der Waals surface area (Å²) in [6.45, 7) is 6.83. The molecular weight excluding hydrogens is 367 g/mol. The van der Waals surface area contributed by atoms with E-state index in [1.165, 1.54) is 28.3 Å². The summed E-state index contributed by atoms with van der Waals surface area (Å²) in [5, 5.41) is 0. The van der Waals surface area contributed by atoms with E-state index in [1.54, 1.807) is 0 Å². The predicted octanol–water partition coefficient (Wildman–Crippen LogP) is 5.69. The van der Waals surface area contributed by atoms with Gasteiger partial charge >= 0.3 is 0 Å². The number of hydrogen-bond acceptors (Lipinski definition) is 1. The molecular formula is C15H21IN2S. The van der Waals surface area contributed by atoms with Crippen LogP contribution >= 0.6 is 34.8 Å². The lowest BCUT2D eigenvalue weighted by Gasteiger charge is -2.15. The molecule has 1 heterocycles. The summed E-state index contributed by atoms with van der Waals surface area (Å²) >= 11 is 7.81. The van der Waals surface area contributed by atoms with Crippen molar-refractivity contribution in [2.45, 2.75) is 46.1 Å². The predicted molar refractivity (Wildman–Crippen MR) is 93.2 cm³/mol. The van der Waals surface area contributed by atoms with Gasteiger partial charge in [-0.15, -0.1) is 0 Å². The van der Waals surface area contributed by atoms with Gasteiger partial charge in [-0.1, -0.05) is 26.7 Å². The SMILES string of the molecule is CC(C)CCCC(C)n1c(=S)[nH]c2cc(I)ccc21. The summed E-state index contributed by atoms with van der Waals surface area (Å²) in [7, 11) is 0. The van der Waals surface area contributed by atoms with Crippen LogP contribution in [-0.2, 0) is 0 Å². The van der Waals surface area contributed by atoms with Crippen molar-refractivity contribution in [2.75, 3.05) is 0 Å². The van der Waals surface area contributed by atoms with Gasteiger partial charge in [0.2, 0.25) is 0 Å². The molecule has 0 spiro atoms. The van der Waals surface area contributed by atoms with Crippen LogP contribution in [0.1, 0.15) is 46.1 Å². The lowest BCUT2D eigenvalue weighted by Crippen LogP contribution is -2.05. The Labute approximate surface area is 133 Å². The molecule has 0 saturated heterocycles. The standard InChI is InChI=1S/C15H21IN2S/c1-10(2)5-4-6-11(3)18-14-8-7-12(16)9-13(14)17-15(18)19/h7-11H,4-6H2,1-3H3,(H,17,19). The minimum Gasteiger partial charge on any atom is -0.331 e. The molecule has 1 aromatic carbocycles. The van der Waals surface area contributed by atoms with Gasteiger partial charge in [-0.3, -0.25) is 0 Å². The smallest absolute Gasteiger partial charge is 0.178 e. The highest BCUT2D eigenvalue weighted by Crippen LogP contribution is 2.24. The number of imidazole rings is 1. The number of nitrogens with one attached hydrogen (secondary N) is 1. The van der Waals surface area contributed by atoms with Crippen molar-refractivity contribution >= 4 is 45.8 Å². The molecule has 0 bridgehead atoms. The Morgan fingerprint density at radius 2 is 2.00 bits per heavy atom. The number of halogens is 1. The maximum atomic E-state index is 5.48. The van der Waals surface area contributed by atoms with Crippen LogP contribution in [0.3, 0.4) is 0 Å². The van der Waals surface area contributed by atoms with E-state index < -0.39 is 0 Å². The van der Waals surface area contributed by atoms with Crippen LogP contribution in [0.2, 0.25) is 0 Å². The molecule has 0 aliphatic carbocycles. The molecule has 0 fully saturated rings. The lowest BCUT2D eigenvalue weighted by atomic mass is 10.0. The van der Waals surface area contributed by atoms with Crippen LogP contribution in [0.4, 0.5) is 0 Å². The van der Waals surface area contributed by atoms with Gasteiger partial charge in [-0.2, -0.15) is 0 Å². The first kappa shape index (κ1) is 15.0. The molecule has 0 aliphatic heterocycles. The van der Waals surface area contributed by atoms with E-state index in [1.807, 2.05) is 0 Å². The second kappa shape index (κ2) is 6.39. The monoisotopic (exact) mass is 388 g/mol. The summed E-state index contributed by atoms with van der Waals surface area (Å²) in [6.07, 6.45) is 3.74. The Kier molecular flexibility index (Phi) is 5.06. The van der Waals surface area contributed by atoms with E-state index in [2.05, 4.69) is 71.1 Å². The largest absolute Gasteiger partial charge is 0.331 e. The van der Waals surface area contributed by atoms with E-state index in [9.17, 15) is 0 Å². The molecule has 1 N–H and O–H groups in total. The molecule has 0 aliphatic rings. The highest BCUT2D eigenvalue weighted by atomic mass is 127. The highest BCUT2D eigenvalue weighted by Gasteiger charge is 2.11. The number of H-pyrrole nitrogens is 1. The first-order valence-corrected chi connectivity index (χ1v) is 8.37. The Morgan fingerprint density at radius 1 is 1.26 bits per heavy atom. The molecule has 0 amide bonds. The van der Waals surface area contributed by atoms with E-state index in [-0.39, 0.29) is 0 Å². The van der Waals surface area contributed by atoms with E-state index in [0.29, 0.717) is 6.04 Å². The molecule has 1 aromatic heterocycles. The molecule has 2 rings (SSSR count). The third-order valence-corrected chi connectivity index (χ3v) is 4.49. The van der Waals surface area contributed by atoms with Crippen LogP contribution in [-0.4, -0.2) is 9.55 Å². The second-order valence-corrected chi connectivity index (χ2v) is 7.27. The van der Waals surface area contributed by atoms with E-state index >= 15 is 0 Å². The topological polar surface area (TPSA) is 20.7 Å². The normalized spacial score (nSPS) is 13.3. The fourth-order valence-electron chi connectivity index (χ4n) is 2.49. The number of aromatic amines is 1. The number of fused-ring (bicyclic) bond motifs is 1. The Morgan fingerprint density at radius 3 is 2.68 bits per heavy atom. The number of benzene rings is 1. The van der Waals surface area contributed by atoms with Gasteiger partial charge in [0.1, 0.15) is 0 Å². The summed E-state index contributed by atoms with van der Waals surface area (Å²) in [5.41, 5.74) is 2.37. The fourth-order valence-corrected chi connectivity index (χ4v) is 3.37. The molecule has 4 heteroatoms. The number of rotatable bonds is 5. The van der Waals surface area contributed by atoms with Crippen molar-refractivity contribution in [3.63, 3.8) is 0 Å². The molecule has 2 aromatic rings. The zero-order valence-electron chi connectivity index (χ0n) is 11.7. The molecule has 0 radical (unpaired) electrons. The van der Waals surface area contributed by atoms with Gasteiger partial charge in [0.15, 0.2) is 4.77 Å². The Bertz CT molecular complexity index is 612. The van der Waals surface area contributed by atoms with Crippen LogP contribution in [0, 0.1) is 14.3 Å². The van der Waals surface area contributed by atoms with Crippen molar-refractivity contribution in [1.82, 2.24) is 9.55 Å². The number of aromatic nitrogens is 2. The number of hydrogen-bond donors (Lipinski definition) is 1. The quantitative estimate of drug-likeness (QED) is 0.516. The van der Waals surface area contributed by atoms with Gasteiger partial charge < -0.3 is 9.55 Å². The first-order chi connectivity index (χ1) is 8.99. The third-order valence-electron chi connectivity index (χ3n) is 3.52. The van der Waals surface area contributed by atoms with Crippen LogP contribution in [0.25, 0.3) is 11.0 Å². The van der Waals surface area contributed by atoms with Crippen LogP contribution in [0.5, 0.6) is 0 Å². The minimum atomic E-state index is 0.458. The minimum absolute atomic E-state index is 0.458. The van der Waals surface area contributed by atoms with Gasteiger partial charge in [0, 0.05) is 9.61 Å². The second-order valence-electron chi connectivity index (χ2n) is 5.64. The average Bonchev–Trinajstić information content (AvgIpc) is 2.63. The van der Waals surface area contributed by atoms with Gasteiger partial charge in [0.25, 0.3) is 0 Å².